The molecule has 1 aromatic rings. The number of aryl methyl sites for hydroxylation is 2. The topological polar surface area (TPSA) is 21.3 Å². The molecule has 1 aromatic carbocycles. The Morgan fingerprint density at radius 1 is 1.10 bits per heavy atom. The van der Waals surface area contributed by atoms with Gasteiger partial charge in [0.05, 0.1) is 0 Å². The van der Waals surface area contributed by atoms with Crippen molar-refractivity contribution in [3.05, 3.63) is 34.9 Å². The van der Waals surface area contributed by atoms with E-state index in [0.29, 0.717) is 6.04 Å². The highest BCUT2D eigenvalue weighted by Crippen LogP contribution is 2.13. The third-order valence-corrected chi connectivity index (χ3v) is 3.49. The minimum absolute atomic E-state index is 0.566. The van der Waals surface area contributed by atoms with Gasteiger partial charge in [0.2, 0.25) is 0 Å². The molecule has 1 rings (SSSR count). The summed E-state index contributed by atoms with van der Waals surface area (Å²) in [6.45, 7) is 11.4. The van der Waals surface area contributed by atoms with E-state index in [1.54, 1.807) is 0 Å². The zero-order valence-corrected chi connectivity index (χ0v) is 13.7. The van der Waals surface area contributed by atoms with Gasteiger partial charge in [-0.15, -0.1) is 0 Å². The van der Waals surface area contributed by atoms with Crippen LogP contribution in [0.5, 0.6) is 0 Å². The Labute approximate surface area is 124 Å². The van der Waals surface area contributed by atoms with Crippen LogP contribution >= 0.6 is 0 Å². The second kappa shape index (κ2) is 9.95. The van der Waals surface area contributed by atoms with Crippen LogP contribution < -0.4 is 5.32 Å². The van der Waals surface area contributed by atoms with Crippen LogP contribution in [0.3, 0.4) is 0 Å². The van der Waals surface area contributed by atoms with Crippen LogP contribution in [0.15, 0.2) is 18.2 Å². The van der Waals surface area contributed by atoms with Crippen LogP contribution in [0.25, 0.3) is 0 Å². The van der Waals surface area contributed by atoms with Gasteiger partial charge in [-0.25, -0.2) is 0 Å². The average Bonchev–Trinajstić information content (AvgIpc) is 2.39. The molecule has 114 valence electrons. The van der Waals surface area contributed by atoms with E-state index in [2.05, 4.69) is 51.2 Å². The maximum atomic E-state index is 5.45. The van der Waals surface area contributed by atoms with Crippen molar-refractivity contribution in [1.82, 2.24) is 5.32 Å². The summed E-state index contributed by atoms with van der Waals surface area (Å²) >= 11 is 0. The summed E-state index contributed by atoms with van der Waals surface area (Å²) in [5.74, 6) is 0. The molecule has 0 aliphatic carbocycles. The fourth-order valence-electron chi connectivity index (χ4n) is 2.67. The van der Waals surface area contributed by atoms with Crippen LogP contribution in [0, 0.1) is 13.8 Å². The molecule has 0 aromatic heterocycles. The maximum absolute atomic E-state index is 5.45. The first-order chi connectivity index (χ1) is 9.65. The van der Waals surface area contributed by atoms with Gasteiger partial charge in [0.1, 0.15) is 0 Å². The molecule has 0 heterocycles. The molecule has 2 nitrogen and oxygen atoms in total. The van der Waals surface area contributed by atoms with Gasteiger partial charge >= 0.3 is 0 Å². The van der Waals surface area contributed by atoms with Gasteiger partial charge in [0.25, 0.3) is 0 Å². The third kappa shape index (κ3) is 7.06. The summed E-state index contributed by atoms with van der Waals surface area (Å²) in [6, 6.07) is 7.44. The Bertz CT molecular complexity index is 355. The molecular weight excluding hydrogens is 246 g/mol. The van der Waals surface area contributed by atoms with Gasteiger partial charge in [0, 0.05) is 19.3 Å². The standard InChI is InChI=1S/C18H31NO/c1-5-9-19-18(8-7-10-20-6-2)14-17-12-15(3)11-16(4)13-17/h11-13,18-19H,5-10,14H2,1-4H3. The van der Waals surface area contributed by atoms with Crippen molar-refractivity contribution in [2.75, 3.05) is 19.8 Å². The first-order valence-corrected chi connectivity index (χ1v) is 8.04. The summed E-state index contributed by atoms with van der Waals surface area (Å²) in [4.78, 5) is 0. The molecule has 0 radical (unpaired) electrons. The lowest BCUT2D eigenvalue weighted by Gasteiger charge is -2.19. The second-order valence-electron chi connectivity index (χ2n) is 5.69. The first kappa shape index (κ1) is 17.2. The van der Waals surface area contributed by atoms with Crippen LogP contribution in [0.2, 0.25) is 0 Å². The fraction of sp³-hybridized carbons (Fsp3) is 0.667. The van der Waals surface area contributed by atoms with Crippen LogP contribution in [-0.2, 0) is 11.2 Å². The zero-order valence-electron chi connectivity index (χ0n) is 13.7. The molecule has 0 aliphatic heterocycles. The minimum atomic E-state index is 0.566. The lowest BCUT2D eigenvalue weighted by atomic mass is 9.98. The van der Waals surface area contributed by atoms with E-state index in [1.165, 1.54) is 29.5 Å². The van der Waals surface area contributed by atoms with E-state index in [4.69, 9.17) is 4.74 Å². The molecule has 1 unspecified atom stereocenters. The molecule has 2 heteroatoms. The Kier molecular flexibility index (Phi) is 8.56. The maximum Gasteiger partial charge on any atom is 0.0466 e. The van der Waals surface area contributed by atoms with E-state index in [1.807, 2.05) is 0 Å². The third-order valence-electron chi connectivity index (χ3n) is 3.49. The molecule has 0 saturated carbocycles. The van der Waals surface area contributed by atoms with Crippen LogP contribution in [0.4, 0.5) is 0 Å². The summed E-state index contributed by atoms with van der Waals surface area (Å²) in [5, 5.41) is 3.68. The van der Waals surface area contributed by atoms with Crippen molar-refractivity contribution in [2.24, 2.45) is 0 Å². The lowest BCUT2D eigenvalue weighted by molar-refractivity contribution is 0.140. The average molecular weight is 277 g/mol. The molecule has 0 amide bonds. The Hall–Kier alpha value is -0.860. The van der Waals surface area contributed by atoms with Gasteiger partial charge in [-0.1, -0.05) is 36.2 Å². The normalized spacial score (nSPS) is 12.6. The Morgan fingerprint density at radius 2 is 1.80 bits per heavy atom. The van der Waals surface area contributed by atoms with Crippen molar-refractivity contribution in [1.29, 1.82) is 0 Å². The fourth-order valence-corrected chi connectivity index (χ4v) is 2.67. The first-order valence-electron chi connectivity index (χ1n) is 8.04. The van der Waals surface area contributed by atoms with Crippen molar-refractivity contribution in [3.8, 4) is 0 Å². The number of rotatable bonds is 10. The summed E-state index contributed by atoms with van der Waals surface area (Å²) in [5.41, 5.74) is 4.18. The largest absolute Gasteiger partial charge is 0.382 e. The highest BCUT2D eigenvalue weighted by molar-refractivity contribution is 5.29. The molecule has 0 spiro atoms. The zero-order chi connectivity index (χ0) is 14.8. The smallest absolute Gasteiger partial charge is 0.0466 e. The summed E-state index contributed by atoms with van der Waals surface area (Å²) < 4.78 is 5.45. The van der Waals surface area contributed by atoms with Crippen LogP contribution in [0.1, 0.15) is 49.8 Å². The molecule has 0 saturated heterocycles. The Balaban J connectivity index is 2.53. The summed E-state index contributed by atoms with van der Waals surface area (Å²) in [6.07, 6.45) is 4.64. The van der Waals surface area contributed by atoms with Crippen LogP contribution in [-0.4, -0.2) is 25.8 Å². The molecule has 0 fully saturated rings. The van der Waals surface area contributed by atoms with E-state index in [-0.39, 0.29) is 0 Å². The van der Waals surface area contributed by atoms with Gasteiger partial charge in [-0.2, -0.15) is 0 Å². The molecule has 1 N–H and O–H groups in total. The van der Waals surface area contributed by atoms with E-state index < -0.39 is 0 Å². The Morgan fingerprint density at radius 3 is 2.40 bits per heavy atom. The minimum Gasteiger partial charge on any atom is -0.382 e. The number of hydrogen-bond acceptors (Lipinski definition) is 2. The van der Waals surface area contributed by atoms with Crippen molar-refractivity contribution < 1.29 is 4.74 Å². The van der Waals surface area contributed by atoms with E-state index >= 15 is 0 Å². The molecule has 1 atom stereocenters. The van der Waals surface area contributed by atoms with Crippen molar-refractivity contribution in [3.63, 3.8) is 0 Å². The molecule has 20 heavy (non-hydrogen) atoms. The lowest BCUT2D eigenvalue weighted by Crippen LogP contribution is -2.32. The number of ether oxygens (including phenoxy) is 1. The quantitative estimate of drug-likeness (QED) is 0.652. The predicted molar refractivity (Wildman–Crippen MR) is 87.4 cm³/mol. The van der Waals surface area contributed by atoms with Crippen molar-refractivity contribution in [2.45, 2.75) is 59.4 Å². The number of benzene rings is 1. The van der Waals surface area contributed by atoms with E-state index in [9.17, 15) is 0 Å². The number of nitrogens with one attached hydrogen (secondary N) is 1. The van der Waals surface area contributed by atoms with E-state index in [0.717, 1.165) is 32.6 Å². The van der Waals surface area contributed by atoms with Gasteiger partial charge < -0.3 is 10.1 Å². The highest BCUT2D eigenvalue weighted by atomic mass is 16.5. The monoisotopic (exact) mass is 277 g/mol. The molecule has 0 bridgehead atoms. The summed E-state index contributed by atoms with van der Waals surface area (Å²) in [7, 11) is 0. The van der Waals surface area contributed by atoms with Crippen molar-refractivity contribution >= 4 is 0 Å². The predicted octanol–water partition coefficient (Wildman–Crippen LogP) is 4.03. The highest BCUT2D eigenvalue weighted by Gasteiger charge is 2.09. The van der Waals surface area contributed by atoms with Gasteiger partial charge in [0.15, 0.2) is 0 Å². The SMILES string of the molecule is CCCNC(CCCOCC)Cc1cc(C)cc(C)c1. The van der Waals surface area contributed by atoms with Gasteiger partial charge in [-0.3, -0.25) is 0 Å². The number of hydrogen-bond donors (Lipinski definition) is 1. The van der Waals surface area contributed by atoms with Gasteiger partial charge in [-0.05, 0) is 58.6 Å². The second-order valence-corrected chi connectivity index (χ2v) is 5.69. The molecular formula is C18H31NO. The molecule has 0 aliphatic rings.